The predicted octanol–water partition coefficient (Wildman–Crippen LogP) is 7.18. The molecule has 5 heterocycles. The topological polar surface area (TPSA) is 100 Å². The zero-order valence-electron chi connectivity index (χ0n) is 28.0. The van der Waals surface area contributed by atoms with E-state index in [0.717, 1.165) is 74.5 Å². The Morgan fingerprint density at radius 1 is 0.958 bits per heavy atom. The highest BCUT2D eigenvalue weighted by molar-refractivity contribution is 6.35. The Labute approximate surface area is 292 Å². The number of ether oxygens (including phenoxy) is 2. The predicted molar refractivity (Wildman–Crippen MR) is 188 cm³/mol. The van der Waals surface area contributed by atoms with Crippen molar-refractivity contribution < 1.29 is 19.1 Å². The highest BCUT2D eigenvalue weighted by atomic mass is 35.5. The molecule has 48 heavy (non-hydrogen) atoms. The number of likely N-dealkylation sites (tertiary alicyclic amines) is 1. The summed E-state index contributed by atoms with van der Waals surface area (Å²) in [5.41, 5.74) is 2.07. The maximum absolute atomic E-state index is 12.9. The Morgan fingerprint density at radius 3 is 2.25 bits per heavy atom. The van der Waals surface area contributed by atoms with Crippen molar-refractivity contribution in [2.45, 2.75) is 77.6 Å². The van der Waals surface area contributed by atoms with Crippen LogP contribution >= 0.6 is 23.2 Å². The third kappa shape index (κ3) is 8.70. The van der Waals surface area contributed by atoms with Gasteiger partial charge in [0.15, 0.2) is 0 Å². The molecule has 12 heteroatoms. The first-order chi connectivity index (χ1) is 22.9. The Balaban J connectivity index is 1.15. The van der Waals surface area contributed by atoms with Crippen LogP contribution in [0.2, 0.25) is 10.0 Å². The Morgan fingerprint density at radius 2 is 1.65 bits per heavy atom. The molecular formula is C36H44Cl2N6O4. The molecule has 2 amide bonds. The molecule has 2 bridgehead atoms. The van der Waals surface area contributed by atoms with Crippen molar-refractivity contribution in [2.75, 3.05) is 37.6 Å². The van der Waals surface area contributed by atoms with Gasteiger partial charge < -0.3 is 19.7 Å². The van der Waals surface area contributed by atoms with Crippen LogP contribution in [0.4, 0.5) is 10.6 Å². The van der Waals surface area contributed by atoms with E-state index in [9.17, 15) is 9.59 Å². The van der Waals surface area contributed by atoms with E-state index in [1.165, 1.54) is 0 Å². The van der Waals surface area contributed by atoms with Crippen LogP contribution in [-0.2, 0) is 16.1 Å². The molecule has 3 saturated heterocycles. The number of nitrogens with one attached hydrogen (secondary N) is 1. The van der Waals surface area contributed by atoms with Crippen molar-refractivity contribution in [3.05, 3.63) is 64.3 Å². The minimum Gasteiger partial charge on any atom is -0.444 e. The standard InChI is InChI=1S/C36H44Cl2N6O4/c1-23(45)39-18-24-9-11-42(12-10-24)20-25-13-32(26-15-27(37)17-28(38)16-26)41-34(14-25)47-31-7-8-33(40-19-31)43-21-29-5-6-30(22-43)44(29)35(46)48-36(2,3)4/h7-8,13-17,19,24,29-30H,5-6,9-12,18,20-22H2,1-4H3,(H,39,45). The third-order valence-corrected chi connectivity index (χ3v) is 9.56. The minimum atomic E-state index is -0.520. The largest absolute Gasteiger partial charge is 0.444 e. The van der Waals surface area contributed by atoms with Crippen LogP contribution in [0.1, 0.15) is 58.9 Å². The number of pyridine rings is 2. The zero-order chi connectivity index (χ0) is 34.0. The maximum atomic E-state index is 12.9. The molecule has 1 N–H and O–H groups in total. The lowest BCUT2D eigenvalue weighted by Crippen LogP contribution is -2.57. The number of rotatable bonds is 8. The number of carbonyl (C=O) groups is 2. The molecule has 3 aromatic rings. The number of fused-ring (bicyclic) bond motifs is 2. The van der Waals surface area contributed by atoms with Gasteiger partial charge in [-0.1, -0.05) is 23.2 Å². The quantitative estimate of drug-likeness (QED) is 0.265. The summed E-state index contributed by atoms with van der Waals surface area (Å²) in [5, 5.41) is 4.03. The molecule has 3 fully saturated rings. The van der Waals surface area contributed by atoms with E-state index in [-0.39, 0.29) is 24.1 Å². The Bertz CT molecular complexity index is 1590. The summed E-state index contributed by atoms with van der Waals surface area (Å²) in [4.78, 5) is 40.4. The lowest BCUT2D eigenvalue weighted by atomic mass is 9.96. The van der Waals surface area contributed by atoms with Gasteiger partial charge in [0.25, 0.3) is 0 Å². The number of anilines is 1. The number of hydrogen-bond donors (Lipinski definition) is 1. The van der Waals surface area contributed by atoms with Gasteiger partial charge in [0.2, 0.25) is 11.8 Å². The lowest BCUT2D eigenvalue weighted by Gasteiger charge is -2.41. The number of hydrogen-bond acceptors (Lipinski definition) is 8. The van der Waals surface area contributed by atoms with Gasteiger partial charge in [-0.3, -0.25) is 14.6 Å². The van der Waals surface area contributed by atoms with Crippen LogP contribution in [0.15, 0.2) is 48.7 Å². The summed E-state index contributed by atoms with van der Waals surface area (Å²) in [6.45, 7) is 12.0. The second kappa shape index (κ2) is 14.5. The summed E-state index contributed by atoms with van der Waals surface area (Å²) < 4.78 is 12.0. The summed E-state index contributed by atoms with van der Waals surface area (Å²) >= 11 is 12.7. The summed E-state index contributed by atoms with van der Waals surface area (Å²) in [7, 11) is 0. The van der Waals surface area contributed by atoms with E-state index in [4.69, 9.17) is 42.6 Å². The molecule has 0 spiro atoms. The van der Waals surface area contributed by atoms with Crippen LogP contribution in [0.3, 0.4) is 0 Å². The van der Waals surface area contributed by atoms with Gasteiger partial charge >= 0.3 is 6.09 Å². The fourth-order valence-corrected chi connectivity index (χ4v) is 7.42. The third-order valence-electron chi connectivity index (χ3n) is 9.13. The van der Waals surface area contributed by atoms with Crippen LogP contribution in [0.5, 0.6) is 11.6 Å². The van der Waals surface area contributed by atoms with Crippen molar-refractivity contribution in [3.8, 4) is 22.9 Å². The Hall–Kier alpha value is -3.60. The van der Waals surface area contributed by atoms with Crippen LogP contribution < -0.4 is 15.0 Å². The first-order valence-corrected chi connectivity index (χ1v) is 17.5. The molecule has 0 radical (unpaired) electrons. The van der Waals surface area contributed by atoms with Gasteiger partial charge in [-0.2, -0.15) is 0 Å². The van der Waals surface area contributed by atoms with Gasteiger partial charge in [0.1, 0.15) is 17.2 Å². The second-order valence-electron chi connectivity index (χ2n) is 14.1. The number of halogens is 2. The number of benzene rings is 1. The van der Waals surface area contributed by atoms with E-state index >= 15 is 0 Å². The van der Waals surface area contributed by atoms with Crippen LogP contribution in [-0.4, -0.2) is 82.2 Å². The van der Waals surface area contributed by atoms with Gasteiger partial charge in [0, 0.05) is 54.8 Å². The molecule has 2 atom stereocenters. The highest BCUT2D eigenvalue weighted by Crippen LogP contribution is 2.35. The van der Waals surface area contributed by atoms with Crippen molar-refractivity contribution in [1.29, 1.82) is 0 Å². The molecule has 1 aromatic carbocycles. The van der Waals surface area contributed by atoms with E-state index in [1.54, 1.807) is 19.2 Å². The van der Waals surface area contributed by atoms with E-state index in [1.807, 2.05) is 56.0 Å². The van der Waals surface area contributed by atoms with E-state index in [2.05, 4.69) is 21.2 Å². The first kappa shape index (κ1) is 34.3. The summed E-state index contributed by atoms with van der Waals surface area (Å²) in [6.07, 6.45) is 5.47. The number of piperidine rings is 1. The van der Waals surface area contributed by atoms with Gasteiger partial charge in [-0.25, -0.2) is 14.8 Å². The molecule has 256 valence electrons. The number of aromatic nitrogens is 2. The van der Waals surface area contributed by atoms with E-state index in [0.29, 0.717) is 40.7 Å². The summed E-state index contributed by atoms with van der Waals surface area (Å²) in [6, 6.07) is 13.5. The molecular weight excluding hydrogens is 651 g/mol. The zero-order valence-corrected chi connectivity index (χ0v) is 29.6. The number of amides is 2. The maximum Gasteiger partial charge on any atom is 0.410 e. The Kier molecular flexibility index (Phi) is 10.3. The van der Waals surface area contributed by atoms with Crippen LogP contribution in [0, 0.1) is 5.92 Å². The average Bonchev–Trinajstić information content (AvgIpc) is 3.29. The van der Waals surface area contributed by atoms with Crippen molar-refractivity contribution >= 4 is 41.0 Å². The van der Waals surface area contributed by atoms with Crippen molar-refractivity contribution in [3.63, 3.8) is 0 Å². The number of nitrogens with zero attached hydrogens (tertiary/aromatic N) is 5. The summed E-state index contributed by atoms with van der Waals surface area (Å²) in [5.74, 6) is 2.39. The number of carbonyl (C=O) groups excluding carboxylic acids is 2. The molecule has 2 aromatic heterocycles. The van der Waals surface area contributed by atoms with Crippen molar-refractivity contribution in [2.24, 2.45) is 5.92 Å². The highest BCUT2D eigenvalue weighted by Gasteiger charge is 2.44. The molecule has 3 aliphatic heterocycles. The molecule has 0 saturated carbocycles. The fourth-order valence-electron chi connectivity index (χ4n) is 6.89. The van der Waals surface area contributed by atoms with E-state index < -0.39 is 5.60 Å². The molecule has 2 unspecified atom stereocenters. The SMILES string of the molecule is CC(=O)NCC1CCN(Cc2cc(Oc3ccc(N4CC5CCC(C4)N5C(=O)OC(C)(C)C)nc3)nc(-c3cc(Cl)cc(Cl)c3)c2)CC1. The fraction of sp³-hybridized carbons (Fsp3) is 0.500. The smallest absolute Gasteiger partial charge is 0.410 e. The minimum absolute atomic E-state index is 0.0188. The number of piperazine rings is 1. The van der Waals surface area contributed by atoms with Gasteiger partial charge in [-0.15, -0.1) is 0 Å². The van der Waals surface area contributed by atoms with Gasteiger partial charge in [0.05, 0.1) is 24.0 Å². The second-order valence-corrected chi connectivity index (χ2v) is 15.0. The molecule has 10 nitrogen and oxygen atoms in total. The van der Waals surface area contributed by atoms with Gasteiger partial charge in [-0.05, 0) is 107 Å². The van der Waals surface area contributed by atoms with Crippen LogP contribution in [0.25, 0.3) is 11.3 Å². The molecule has 0 aliphatic carbocycles. The average molecular weight is 696 g/mol. The first-order valence-electron chi connectivity index (χ1n) is 16.7. The molecule has 3 aliphatic rings. The molecule has 6 rings (SSSR count). The normalized spacial score (nSPS) is 20.1. The van der Waals surface area contributed by atoms with Crippen molar-refractivity contribution in [1.82, 2.24) is 25.1 Å². The lowest BCUT2D eigenvalue weighted by molar-refractivity contribution is -0.119. The monoisotopic (exact) mass is 694 g/mol.